The molecular weight excluding hydrogens is 273 g/mol. The molecule has 0 atom stereocenters. The van der Waals surface area contributed by atoms with Gasteiger partial charge < -0.3 is 11.1 Å². The normalized spacial score (nSPS) is 10.1. The molecule has 0 aliphatic heterocycles. The Kier molecular flexibility index (Phi) is 3.05. The fraction of sp³-hybridized carbons (Fsp3) is 0. The van der Waals surface area contributed by atoms with Crippen LogP contribution in [0.15, 0.2) is 41.0 Å². The molecular formula is C11H9BrFN3. The molecule has 0 bridgehead atoms. The van der Waals surface area contributed by atoms with Gasteiger partial charge in [-0.15, -0.1) is 0 Å². The van der Waals surface area contributed by atoms with Crippen LogP contribution in [0, 0.1) is 5.82 Å². The van der Waals surface area contributed by atoms with Crippen molar-refractivity contribution in [3.05, 3.63) is 46.8 Å². The zero-order valence-electron chi connectivity index (χ0n) is 8.24. The smallest absolute Gasteiger partial charge is 0.153 e. The van der Waals surface area contributed by atoms with E-state index in [0.717, 1.165) is 4.47 Å². The van der Waals surface area contributed by atoms with E-state index in [9.17, 15) is 4.39 Å². The maximum atomic E-state index is 13.4. The summed E-state index contributed by atoms with van der Waals surface area (Å²) >= 11 is 3.27. The largest absolute Gasteiger partial charge is 0.396 e. The number of hydrogen-bond acceptors (Lipinski definition) is 3. The highest BCUT2D eigenvalue weighted by Crippen LogP contribution is 2.25. The van der Waals surface area contributed by atoms with Crippen LogP contribution in [-0.4, -0.2) is 4.98 Å². The molecule has 3 N–H and O–H groups in total. The van der Waals surface area contributed by atoms with E-state index < -0.39 is 0 Å². The summed E-state index contributed by atoms with van der Waals surface area (Å²) in [7, 11) is 0. The number of nitrogens with zero attached hydrogens (tertiary/aromatic N) is 1. The Labute approximate surface area is 101 Å². The fourth-order valence-electron chi connectivity index (χ4n) is 1.24. The van der Waals surface area contributed by atoms with Gasteiger partial charge in [-0.3, -0.25) is 0 Å². The van der Waals surface area contributed by atoms with E-state index in [4.69, 9.17) is 5.73 Å². The second-order valence-corrected chi connectivity index (χ2v) is 4.11. The van der Waals surface area contributed by atoms with Gasteiger partial charge in [0.15, 0.2) is 5.82 Å². The molecule has 3 nitrogen and oxygen atoms in total. The first-order chi connectivity index (χ1) is 7.66. The molecule has 0 unspecified atom stereocenters. The molecule has 2 rings (SSSR count). The van der Waals surface area contributed by atoms with Crippen molar-refractivity contribution in [2.75, 3.05) is 11.1 Å². The fourth-order valence-corrected chi connectivity index (χ4v) is 1.60. The number of nitrogens with two attached hydrogens (primary N) is 1. The molecule has 0 aliphatic carbocycles. The third kappa shape index (κ3) is 2.30. The predicted molar refractivity (Wildman–Crippen MR) is 66.0 cm³/mol. The van der Waals surface area contributed by atoms with E-state index in [1.54, 1.807) is 30.5 Å². The molecule has 1 heterocycles. The highest BCUT2D eigenvalue weighted by Gasteiger charge is 2.05. The Balaban J connectivity index is 2.34. The van der Waals surface area contributed by atoms with Crippen LogP contribution in [-0.2, 0) is 0 Å². The van der Waals surface area contributed by atoms with Gasteiger partial charge in [0, 0.05) is 10.7 Å². The third-order valence-corrected chi connectivity index (χ3v) is 2.51. The molecule has 2 aromatic rings. The highest BCUT2D eigenvalue weighted by atomic mass is 79.9. The van der Waals surface area contributed by atoms with Gasteiger partial charge in [0.05, 0.1) is 11.4 Å². The van der Waals surface area contributed by atoms with Gasteiger partial charge in [0.1, 0.15) is 5.82 Å². The van der Waals surface area contributed by atoms with Crippen LogP contribution in [0.25, 0.3) is 0 Å². The Morgan fingerprint density at radius 2 is 2.12 bits per heavy atom. The first kappa shape index (κ1) is 10.9. The maximum Gasteiger partial charge on any atom is 0.153 e. The summed E-state index contributed by atoms with van der Waals surface area (Å²) in [6, 6.07) is 8.04. The Morgan fingerprint density at radius 1 is 1.31 bits per heavy atom. The number of halogens is 2. The van der Waals surface area contributed by atoms with Gasteiger partial charge in [0.25, 0.3) is 0 Å². The van der Waals surface area contributed by atoms with E-state index in [1.165, 1.54) is 6.07 Å². The van der Waals surface area contributed by atoms with E-state index in [0.29, 0.717) is 17.2 Å². The summed E-state index contributed by atoms with van der Waals surface area (Å²) in [6.07, 6.45) is 1.59. The molecule has 1 aromatic heterocycles. The van der Waals surface area contributed by atoms with Crippen molar-refractivity contribution in [1.82, 2.24) is 4.98 Å². The molecule has 0 radical (unpaired) electrons. The third-order valence-electron chi connectivity index (χ3n) is 2.02. The van der Waals surface area contributed by atoms with Crippen LogP contribution in [0.5, 0.6) is 0 Å². The highest BCUT2D eigenvalue weighted by molar-refractivity contribution is 9.10. The van der Waals surface area contributed by atoms with Gasteiger partial charge in [-0.05, 0) is 30.3 Å². The summed E-state index contributed by atoms with van der Waals surface area (Å²) in [6.45, 7) is 0. The van der Waals surface area contributed by atoms with Crippen molar-refractivity contribution < 1.29 is 4.39 Å². The van der Waals surface area contributed by atoms with Crippen LogP contribution < -0.4 is 11.1 Å². The van der Waals surface area contributed by atoms with Gasteiger partial charge in [0.2, 0.25) is 0 Å². The average molecular weight is 282 g/mol. The molecule has 5 heteroatoms. The molecule has 0 amide bonds. The lowest BCUT2D eigenvalue weighted by Gasteiger charge is -2.08. The van der Waals surface area contributed by atoms with Crippen LogP contribution >= 0.6 is 15.9 Å². The summed E-state index contributed by atoms with van der Waals surface area (Å²) in [5, 5.41) is 2.84. The number of aromatic nitrogens is 1. The van der Waals surface area contributed by atoms with E-state index in [2.05, 4.69) is 26.2 Å². The summed E-state index contributed by atoms with van der Waals surface area (Å²) in [4.78, 5) is 4.03. The molecule has 0 spiro atoms. The van der Waals surface area contributed by atoms with Crippen molar-refractivity contribution >= 4 is 33.1 Å². The minimum atomic E-state index is -0.353. The van der Waals surface area contributed by atoms with E-state index in [-0.39, 0.29) is 5.82 Å². The quantitative estimate of drug-likeness (QED) is 0.888. The average Bonchev–Trinajstić information content (AvgIpc) is 2.27. The molecule has 16 heavy (non-hydrogen) atoms. The minimum Gasteiger partial charge on any atom is -0.396 e. The lowest BCUT2D eigenvalue weighted by molar-refractivity contribution is 0.631. The second-order valence-electron chi connectivity index (χ2n) is 3.19. The van der Waals surface area contributed by atoms with E-state index >= 15 is 0 Å². The number of nitrogen functional groups attached to an aromatic ring is 1. The number of nitrogens with one attached hydrogen (secondary N) is 1. The molecule has 0 saturated carbocycles. The molecule has 1 aromatic carbocycles. The van der Waals surface area contributed by atoms with Gasteiger partial charge in [-0.2, -0.15) is 0 Å². The molecule has 82 valence electrons. The monoisotopic (exact) mass is 281 g/mol. The molecule has 0 saturated heterocycles. The van der Waals surface area contributed by atoms with Crippen LogP contribution in [0.3, 0.4) is 0 Å². The SMILES string of the molecule is Nc1cccnc1Nc1cc(Br)ccc1F. The number of pyridine rings is 1. The van der Waals surface area contributed by atoms with Crippen LogP contribution in [0.2, 0.25) is 0 Å². The number of hydrogen-bond donors (Lipinski definition) is 2. The number of benzene rings is 1. The minimum absolute atomic E-state index is 0.333. The lowest BCUT2D eigenvalue weighted by atomic mass is 10.3. The first-order valence-corrected chi connectivity index (χ1v) is 5.38. The first-order valence-electron chi connectivity index (χ1n) is 4.59. The van der Waals surface area contributed by atoms with Crippen LogP contribution in [0.1, 0.15) is 0 Å². The van der Waals surface area contributed by atoms with Crippen molar-refractivity contribution in [3.63, 3.8) is 0 Å². The predicted octanol–water partition coefficient (Wildman–Crippen LogP) is 3.31. The summed E-state index contributed by atoms with van der Waals surface area (Å²) in [5.41, 5.74) is 6.50. The summed E-state index contributed by atoms with van der Waals surface area (Å²) < 4.78 is 14.2. The van der Waals surface area contributed by atoms with Crippen molar-refractivity contribution in [1.29, 1.82) is 0 Å². The molecule has 0 aliphatic rings. The lowest BCUT2D eigenvalue weighted by Crippen LogP contribution is -2.00. The topological polar surface area (TPSA) is 50.9 Å². The van der Waals surface area contributed by atoms with Gasteiger partial charge in [-0.1, -0.05) is 15.9 Å². The zero-order valence-corrected chi connectivity index (χ0v) is 9.83. The van der Waals surface area contributed by atoms with Crippen molar-refractivity contribution in [2.45, 2.75) is 0 Å². The van der Waals surface area contributed by atoms with Crippen LogP contribution in [0.4, 0.5) is 21.6 Å². The van der Waals surface area contributed by atoms with Crippen molar-refractivity contribution in [2.24, 2.45) is 0 Å². The van der Waals surface area contributed by atoms with E-state index in [1.807, 2.05) is 0 Å². The number of anilines is 3. The van der Waals surface area contributed by atoms with Gasteiger partial charge in [-0.25, -0.2) is 9.37 Å². The molecule has 0 fully saturated rings. The Morgan fingerprint density at radius 3 is 2.88 bits per heavy atom. The Hall–Kier alpha value is -1.62. The van der Waals surface area contributed by atoms with Crippen molar-refractivity contribution in [3.8, 4) is 0 Å². The second kappa shape index (κ2) is 4.49. The summed E-state index contributed by atoms with van der Waals surface area (Å²) in [5.74, 6) is 0.0905. The maximum absolute atomic E-state index is 13.4. The number of rotatable bonds is 2. The standard InChI is InChI=1S/C11H9BrFN3/c12-7-3-4-8(13)10(6-7)16-11-9(14)2-1-5-15-11/h1-6H,14H2,(H,15,16). The Bertz CT molecular complexity index is 516. The van der Waals surface area contributed by atoms with Gasteiger partial charge >= 0.3 is 0 Å². The zero-order chi connectivity index (χ0) is 11.5.